The molecule has 1 heterocycles. The van der Waals surface area contributed by atoms with Crippen LogP contribution in [0, 0.1) is 17.2 Å². The van der Waals surface area contributed by atoms with Gasteiger partial charge in [0.05, 0.1) is 24.3 Å². The number of hydrogen-bond donors (Lipinski definition) is 2. The van der Waals surface area contributed by atoms with Crippen molar-refractivity contribution in [3.63, 3.8) is 0 Å². The van der Waals surface area contributed by atoms with Crippen LogP contribution in [0.5, 0.6) is 0 Å². The number of carbonyl (C=O) groups excluding carboxylic acids is 1. The summed E-state index contributed by atoms with van der Waals surface area (Å²) in [6, 6.07) is 16.6. The Kier molecular flexibility index (Phi) is 5.50. The lowest BCUT2D eigenvalue weighted by Crippen LogP contribution is -2.35. The number of rotatable bonds is 5. The van der Waals surface area contributed by atoms with Crippen LogP contribution in [0.15, 0.2) is 71.5 Å². The maximum atomic E-state index is 13.1. The molecule has 1 saturated carbocycles. The molecular formula is C30H33N3O2. The monoisotopic (exact) mass is 467 g/mol. The van der Waals surface area contributed by atoms with Crippen molar-refractivity contribution < 1.29 is 9.53 Å². The van der Waals surface area contributed by atoms with E-state index < -0.39 is 0 Å². The summed E-state index contributed by atoms with van der Waals surface area (Å²) >= 11 is 0. The number of nitrogens with zero attached hydrogens (tertiary/aromatic N) is 1. The second kappa shape index (κ2) is 8.58. The van der Waals surface area contributed by atoms with E-state index in [2.05, 4.69) is 42.2 Å². The molecule has 4 aliphatic rings. The van der Waals surface area contributed by atoms with Gasteiger partial charge in [-0.3, -0.25) is 15.1 Å². The molecule has 3 unspecified atom stereocenters. The van der Waals surface area contributed by atoms with Crippen LogP contribution in [0.1, 0.15) is 42.0 Å². The van der Waals surface area contributed by atoms with Crippen molar-refractivity contribution in [2.75, 3.05) is 26.3 Å². The molecule has 0 bridgehead atoms. The Morgan fingerprint density at radius 2 is 1.97 bits per heavy atom. The number of fused-ring (bicyclic) bond motifs is 2. The molecule has 0 aromatic heterocycles. The molecule has 0 radical (unpaired) electrons. The van der Waals surface area contributed by atoms with Crippen LogP contribution >= 0.6 is 0 Å². The third-order valence-electron chi connectivity index (χ3n) is 8.49. The number of Topliss-reactive ketones (excluding diaryl/α,β-unsaturated/α-hetero) is 1. The van der Waals surface area contributed by atoms with Crippen LogP contribution in [-0.2, 0) is 27.9 Å². The van der Waals surface area contributed by atoms with Crippen molar-refractivity contribution in [3.05, 3.63) is 93.7 Å². The van der Waals surface area contributed by atoms with Gasteiger partial charge in [0.25, 0.3) is 0 Å². The van der Waals surface area contributed by atoms with E-state index in [1.54, 1.807) is 0 Å². The Morgan fingerprint density at radius 1 is 1.17 bits per heavy atom. The average molecular weight is 468 g/mol. The van der Waals surface area contributed by atoms with E-state index in [1.807, 2.05) is 24.3 Å². The van der Waals surface area contributed by atoms with Crippen LogP contribution in [0.25, 0.3) is 0 Å². The molecule has 180 valence electrons. The first-order valence-electron chi connectivity index (χ1n) is 12.8. The van der Waals surface area contributed by atoms with Crippen LogP contribution < -0.4 is 5.73 Å². The molecular weight excluding hydrogens is 434 g/mol. The number of nitrogens with two attached hydrogens (primary N) is 1. The van der Waals surface area contributed by atoms with Crippen LogP contribution in [0.4, 0.5) is 0 Å². The van der Waals surface area contributed by atoms with E-state index in [-0.39, 0.29) is 17.3 Å². The van der Waals surface area contributed by atoms with Crippen molar-refractivity contribution >= 4 is 11.5 Å². The molecule has 2 fully saturated rings. The van der Waals surface area contributed by atoms with E-state index in [0.717, 1.165) is 56.8 Å². The van der Waals surface area contributed by atoms with Gasteiger partial charge in [-0.25, -0.2) is 0 Å². The van der Waals surface area contributed by atoms with Crippen molar-refractivity contribution in [1.82, 2.24) is 4.90 Å². The smallest absolute Gasteiger partial charge is 0.148 e. The van der Waals surface area contributed by atoms with Gasteiger partial charge in [-0.05, 0) is 53.5 Å². The highest BCUT2D eigenvalue weighted by Gasteiger charge is 2.65. The number of benzene rings is 2. The van der Waals surface area contributed by atoms with Crippen LogP contribution in [0.2, 0.25) is 0 Å². The lowest BCUT2D eigenvalue weighted by atomic mass is 9.79. The molecule has 1 spiro atoms. The minimum atomic E-state index is -0.337. The average Bonchev–Trinajstić information content (AvgIpc) is 3.55. The second-order valence-electron chi connectivity index (χ2n) is 10.6. The lowest BCUT2D eigenvalue weighted by Gasteiger charge is -2.27. The largest absolute Gasteiger partial charge is 0.398 e. The number of morpholine rings is 1. The van der Waals surface area contributed by atoms with Gasteiger partial charge in [0.1, 0.15) is 5.78 Å². The van der Waals surface area contributed by atoms with Crippen molar-refractivity contribution in [2.45, 2.75) is 38.1 Å². The summed E-state index contributed by atoms with van der Waals surface area (Å²) in [7, 11) is 0. The van der Waals surface area contributed by atoms with E-state index in [1.165, 1.54) is 22.3 Å². The molecule has 0 amide bonds. The molecule has 3 aliphatic carbocycles. The van der Waals surface area contributed by atoms with Crippen molar-refractivity contribution in [2.24, 2.45) is 17.6 Å². The molecule has 6 rings (SSSR count). The fraction of sp³-hybridized carbons (Fsp3) is 0.400. The summed E-state index contributed by atoms with van der Waals surface area (Å²) in [4.78, 5) is 15.5. The van der Waals surface area contributed by atoms with Crippen molar-refractivity contribution in [1.29, 1.82) is 5.41 Å². The summed E-state index contributed by atoms with van der Waals surface area (Å²) in [6.07, 6.45) is 4.27. The topological polar surface area (TPSA) is 79.4 Å². The zero-order valence-electron chi connectivity index (χ0n) is 20.3. The highest BCUT2D eigenvalue weighted by molar-refractivity contribution is 6.11. The quantitative estimate of drug-likeness (QED) is 0.648. The van der Waals surface area contributed by atoms with Gasteiger partial charge in [0.15, 0.2) is 0 Å². The van der Waals surface area contributed by atoms with Crippen LogP contribution in [-0.4, -0.2) is 42.7 Å². The first-order chi connectivity index (χ1) is 17.0. The number of nitrogens with one attached hydrogen (secondary N) is 1. The minimum Gasteiger partial charge on any atom is -0.398 e. The van der Waals surface area contributed by atoms with Gasteiger partial charge in [0, 0.05) is 42.9 Å². The molecule has 1 saturated heterocycles. The van der Waals surface area contributed by atoms with Gasteiger partial charge in [-0.1, -0.05) is 55.0 Å². The zero-order chi connectivity index (χ0) is 24.2. The molecule has 3 N–H and O–H groups in total. The third kappa shape index (κ3) is 3.78. The third-order valence-corrected chi connectivity index (χ3v) is 8.49. The molecule has 35 heavy (non-hydrogen) atoms. The summed E-state index contributed by atoms with van der Waals surface area (Å²) < 4.78 is 5.46. The summed E-state index contributed by atoms with van der Waals surface area (Å²) in [6.45, 7) is 6.55. The summed E-state index contributed by atoms with van der Waals surface area (Å²) in [5, 5.41) is 8.98. The van der Waals surface area contributed by atoms with E-state index in [9.17, 15) is 4.79 Å². The molecule has 2 aromatic carbocycles. The Bertz CT molecular complexity index is 1270. The highest BCUT2D eigenvalue weighted by atomic mass is 16.5. The van der Waals surface area contributed by atoms with Crippen molar-refractivity contribution in [3.8, 4) is 0 Å². The fourth-order valence-electron chi connectivity index (χ4n) is 6.52. The van der Waals surface area contributed by atoms with E-state index in [4.69, 9.17) is 15.9 Å². The maximum Gasteiger partial charge on any atom is 0.148 e. The Hall–Kier alpha value is -3.02. The van der Waals surface area contributed by atoms with E-state index >= 15 is 0 Å². The summed E-state index contributed by atoms with van der Waals surface area (Å²) in [5.74, 6) is 0.855. The van der Waals surface area contributed by atoms with Gasteiger partial charge in [0.2, 0.25) is 0 Å². The van der Waals surface area contributed by atoms with Gasteiger partial charge < -0.3 is 10.5 Å². The Morgan fingerprint density at radius 3 is 2.80 bits per heavy atom. The normalized spacial score (nSPS) is 28.3. The standard InChI is InChI=1S/C30H33N3O2/c1-19-13-24(29(32)22-7-4-5-20(14-22)18-33-9-11-35-12-10-33)27(31)16-23(19)26-17-30(26)25-8-3-2-6-21(25)15-28(30)34/h2-8,14,16,19,26,32H,9-13,15,17-18,31H2,1H3. The molecule has 1 aliphatic heterocycles. The van der Waals surface area contributed by atoms with Crippen LogP contribution in [0.3, 0.4) is 0 Å². The fourth-order valence-corrected chi connectivity index (χ4v) is 6.52. The number of ketones is 1. The molecule has 3 atom stereocenters. The summed E-state index contributed by atoms with van der Waals surface area (Å²) in [5.41, 5.74) is 14.2. The molecule has 5 nitrogen and oxygen atoms in total. The second-order valence-corrected chi connectivity index (χ2v) is 10.6. The first-order valence-corrected chi connectivity index (χ1v) is 12.8. The number of ether oxygens (including phenoxy) is 1. The predicted octanol–water partition coefficient (Wildman–Crippen LogP) is 4.15. The number of allylic oxidation sites excluding steroid dienone is 3. The number of hydrogen-bond acceptors (Lipinski definition) is 5. The molecule has 5 heteroatoms. The lowest BCUT2D eigenvalue weighted by molar-refractivity contribution is -0.120. The maximum absolute atomic E-state index is 13.1. The molecule has 2 aromatic rings. The van der Waals surface area contributed by atoms with Gasteiger partial charge in [-0.2, -0.15) is 0 Å². The SMILES string of the molecule is CC1CC(C(=N)c2cccc(CN3CCOCC3)c2)=C(N)C=C1C1CC12C(=O)Cc1ccccc12. The minimum absolute atomic E-state index is 0.236. The first kappa shape index (κ1) is 22.4. The van der Waals surface area contributed by atoms with E-state index in [0.29, 0.717) is 23.6 Å². The predicted molar refractivity (Wildman–Crippen MR) is 137 cm³/mol. The Balaban J connectivity index is 1.24. The Labute approximate surface area is 207 Å². The highest BCUT2D eigenvalue weighted by Crippen LogP contribution is 2.64. The van der Waals surface area contributed by atoms with Gasteiger partial charge in [-0.15, -0.1) is 0 Å². The number of carbonyl (C=O) groups is 1. The van der Waals surface area contributed by atoms with Gasteiger partial charge >= 0.3 is 0 Å². The zero-order valence-corrected chi connectivity index (χ0v) is 20.3.